The van der Waals surface area contributed by atoms with Crippen LogP contribution in [0.3, 0.4) is 0 Å². The highest BCUT2D eigenvalue weighted by Gasteiger charge is 2.47. The van der Waals surface area contributed by atoms with Gasteiger partial charge in [0.15, 0.2) is 5.65 Å². The van der Waals surface area contributed by atoms with Crippen molar-refractivity contribution in [3.63, 3.8) is 0 Å². The zero-order chi connectivity index (χ0) is 24.2. The molecule has 0 spiro atoms. The van der Waals surface area contributed by atoms with Crippen LogP contribution in [0.4, 0.5) is 0 Å². The SMILES string of the molecule is O=C(NCc1ccc(-c2ccc(C3CC4CCC43)cc2)cc1)c1c[nH]c2c(cnc3ccnn32)c1=O. The first-order chi connectivity index (χ1) is 17.7. The molecule has 3 atom stereocenters. The summed E-state index contributed by atoms with van der Waals surface area (Å²) >= 11 is 0. The summed E-state index contributed by atoms with van der Waals surface area (Å²) in [7, 11) is 0. The summed E-state index contributed by atoms with van der Waals surface area (Å²) in [5.41, 5.74) is 5.59. The van der Waals surface area contributed by atoms with Gasteiger partial charge in [-0.05, 0) is 59.3 Å². The van der Waals surface area contributed by atoms with Crippen molar-refractivity contribution in [3.05, 3.63) is 100 Å². The summed E-state index contributed by atoms with van der Waals surface area (Å²) in [6.45, 7) is 0.330. The third-order valence-electron chi connectivity index (χ3n) is 8.13. The second-order valence-electron chi connectivity index (χ2n) is 10.00. The van der Waals surface area contributed by atoms with Gasteiger partial charge in [0.2, 0.25) is 5.43 Å². The highest BCUT2D eigenvalue weighted by molar-refractivity contribution is 5.96. The second-order valence-corrected chi connectivity index (χ2v) is 10.00. The number of rotatable bonds is 5. The van der Waals surface area contributed by atoms with Gasteiger partial charge >= 0.3 is 0 Å². The molecule has 2 N–H and O–H groups in total. The lowest BCUT2D eigenvalue weighted by atomic mass is 9.52. The Balaban J connectivity index is 1.03. The van der Waals surface area contributed by atoms with Crippen molar-refractivity contribution in [1.82, 2.24) is 24.9 Å². The third-order valence-corrected chi connectivity index (χ3v) is 8.13. The van der Waals surface area contributed by atoms with Crippen molar-refractivity contribution in [2.24, 2.45) is 11.8 Å². The maximum Gasteiger partial charge on any atom is 0.257 e. The van der Waals surface area contributed by atoms with Gasteiger partial charge in [-0.3, -0.25) is 9.59 Å². The monoisotopic (exact) mass is 475 g/mol. The molecule has 0 aliphatic heterocycles. The topological polar surface area (TPSA) is 92.2 Å². The quantitative estimate of drug-likeness (QED) is 0.386. The summed E-state index contributed by atoms with van der Waals surface area (Å²) in [6, 6.07) is 18.9. The Bertz CT molecular complexity index is 1670. The summed E-state index contributed by atoms with van der Waals surface area (Å²) in [4.78, 5) is 32.9. The Hall–Kier alpha value is -4.26. The van der Waals surface area contributed by atoms with E-state index in [-0.39, 0.29) is 11.0 Å². The molecule has 3 aromatic heterocycles. The number of carbonyl (C=O) groups is 1. The van der Waals surface area contributed by atoms with Gasteiger partial charge in [-0.1, -0.05) is 48.5 Å². The fourth-order valence-corrected chi connectivity index (χ4v) is 5.82. The van der Waals surface area contributed by atoms with Crippen molar-refractivity contribution in [2.45, 2.75) is 31.7 Å². The number of aromatic amines is 1. The molecule has 3 heterocycles. The molecule has 1 amide bonds. The van der Waals surface area contributed by atoms with Crippen LogP contribution in [-0.2, 0) is 6.54 Å². The molecule has 2 fully saturated rings. The van der Waals surface area contributed by atoms with Gasteiger partial charge in [-0.2, -0.15) is 9.61 Å². The number of fused-ring (bicyclic) bond motifs is 4. The summed E-state index contributed by atoms with van der Waals surface area (Å²) in [6.07, 6.45) is 8.71. The second kappa shape index (κ2) is 8.16. The van der Waals surface area contributed by atoms with Gasteiger partial charge in [-0.25, -0.2) is 4.98 Å². The Morgan fingerprint density at radius 1 is 1.03 bits per heavy atom. The van der Waals surface area contributed by atoms with Gasteiger partial charge in [-0.15, -0.1) is 0 Å². The number of hydrogen-bond donors (Lipinski definition) is 2. The number of carbonyl (C=O) groups excluding carboxylic acids is 1. The molecule has 0 radical (unpaired) electrons. The number of amides is 1. The highest BCUT2D eigenvalue weighted by atomic mass is 16.2. The Morgan fingerprint density at radius 2 is 1.81 bits per heavy atom. The highest BCUT2D eigenvalue weighted by Crippen LogP contribution is 2.58. The molecule has 36 heavy (non-hydrogen) atoms. The molecule has 7 rings (SSSR count). The molecule has 2 aromatic carbocycles. The Kier molecular flexibility index (Phi) is 4.77. The van der Waals surface area contributed by atoms with Crippen molar-refractivity contribution >= 4 is 22.6 Å². The summed E-state index contributed by atoms with van der Waals surface area (Å²) in [5.74, 6) is 2.26. The number of nitrogens with zero attached hydrogens (tertiary/aromatic N) is 3. The lowest BCUT2D eigenvalue weighted by Gasteiger charge is -2.53. The number of nitrogens with one attached hydrogen (secondary N) is 2. The largest absolute Gasteiger partial charge is 0.348 e. The fraction of sp³-hybridized carbons (Fsp3) is 0.241. The maximum atomic E-state index is 12.9. The maximum absolute atomic E-state index is 12.9. The molecular formula is C29H25N5O2. The molecule has 2 aliphatic rings. The third kappa shape index (κ3) is 3.34. The van der Waals surface area contributed by atoms with E-state index in [1.807, 2.05) is 12.1 Å². The Morgan fingerprint density at radius 3 is 2.50 bits per heavy atom. The average molecular weight is 476 g/mol. The van der Waals surface area contributed by atoms with Gasteiger partial charge in [0.05, 0.1) is 11.6 Å². The summed E-state index contributed by atoms with van der Waals surface area (Å²) in [5, 5.41) is 7.35. The van der Waals surface area contributed by atoms with Crippen LogP contribution in [0.2, 0.25) is 0 Å². The molecule has 7 nitrogen and oxygen atoms in total. The molecule has 0 saturated heterocycles. The molecule has 2 saturated carbocycles. The molecule has 2 aliphatic carbocycles. The summed E-state index contributed by atoms with van der Waals surface area (Å²) < 4.78 is 1.55. The predicted molar refractivity (Wildman–Crippen MR) is 138 cm³/mol. The van der Waals surface area contributed by atoms with Crippen LogP contribution in [0.5, 0.6) is 0 Å². The first-order valence-electron chi connectivity index (χ1n) is 12.5. The van der Waals surface area contributed by atoms with Gasteiger partial charge in [0.25, 0.3) is 5.91 Å². The van der Waals surface area contributed by atoms with Crippen LogP contribution in [0, 0.1) is 11.8 Å². The van der Waals surface area contributed by atoms with Crippen LogP contribution >= 0.6 is 0 Å². The van der Waals surface area contributed by atoms with Gasteiger partial charge in [0.1, 0.15) is 11.2 Å². The number of benzene rings is 2. The van der Waals surface area contributed by atoms with E-state index in [4.69, 9.17) is 0 Å². The molecule has 178 valence electrons. The average Bonchev–Trinajstić information content (AvgIpc) is 3.39. The minimum atomic E-state index is -0.428. The van der Waals surface area contributed by atoms with E-state index in [9.17, 15) is 9.59 Å². The zero-order valence-corrected chi connectivity index (χ0v) is 19.6. The van der Waals surface area contributed by atoms with Crippen molar-refractivity contribution in [1.29, 1.82) is 0 Å². The van der Waals surface area contributed by atoms with Crippen LogP contribution in [0.1, 0.15) is 46.7 Å². The van der Waals surface area contributed by atoms with Crippen LogP contribution in [0.25, 0.3) is 27.8 Å². The van der Waals surface area contributed by atoms with Crippen LogP contribution in [0.15, 0.2) is 78.0 Å². The number of hydrogen-bond acceptors (Lipinski definition) is 4. The van der Waals surface area contributed by atoms with Crippen LogP contribution < -0.4 is 10.7 Å². The Labute approximate surface area is 207 Å². The molecule has 3 unspecified atom stereocenters. The van der Waals surface area contributed by atoms with Crippen molar-refractivity contribution in [2.75, 3.05) is 0 Å². The lowest BCUT2D eigenvalue weighted by molar-refractivity contribution is 0.0216. The smallest absolute Gasteiger partial charge is 0.257 e. The minimum Gasteiger partial charge on any atom is -0.348 e. The number of pyridine rings is 1. The number of aromatic nitrogens is 4. The standard InChI is InChI=1S/C29H25N5O2/c35-27-24-15-30-26-11-12-33-34(26)28(24)31-16-25(27)29(36)32-14-17-1-3-18(4-2-17)19-5-7-20(8-6-19)23-13-21-9-10-22(21)23/h1-8,11-12,15-16,21-23H,9-10,13-14H2,(H,31,35)(H,32,36). The minimum absolute atomic E-state index is 0.0483. The van der Waals surface area contributed by atoms with E-state index < -0.39 is 5.91 Å². The molecular weight excluding hydrogens is 450 g/mol. The van der Waals surface area contributed by atoms with Crippen LogP contribution in [-0.4, -0.2) is 25.5 Å². The first-order valence-corrected chi connectivity index (χ1v) is 12.5. The van der Waals surface area contributed by atoms with Gasteiger partial charge < -0.3 is 10.3 Å². The lowest BCUT2D eigenvalue weighted by Crippen LogP contribution is -2.42. The van der Waals surface area contributed by atoms with E-state index in [0.717, 1.165) is 28.9 Å². The van der Waals surface area contributed by atoms with E-state index >= 15 is 0 Å². The van der Waals surface area contributed by atoms with E-state index in [1.54, 1.807) is 16.8 Å². The van der Waals surface area contributed by atoms with E-state index in [2.05, 4.69) is 56.8 Å². The molecule has 5 aromatic rings. The fourth-order valence-electron chi connectivity index (χ4n) is 5.82. The zero-order valence-electron chi connectivity index (χ0n) is 19.6. The van der Waals surface area contributed by atoms with E-state index in [1.165, 1.54) is 42.8 Å². The van der Waals surface area contributed by atoms with Crippen molar-refractivity contribution < 1.29 is 4.79 Å². The molecule has 0 bridgehead atoms. The van der Waals surface area contributed by atoms with Crippen molar-refractivity contribution in [3.8, 4) is 11.1 Å². The van der Waals surface area contributed by atoms with Gasteiger partial charge in [0, 0.05) is 25.0 Å². The normalized spacial score (nSPS) is 20.5. The predicted octanol–water partition coefficient (Wildman–Crippen LogP) is 4.68. The van der Waals surface area contributed by atoms with E-state index in [0.29, 0.717) is 23.2 Å². The molecule has 7 heteroatoms. The number of H-pyrrole nitrogens is 1. The first kappa shape index (κ1) is 21.1.